The summed E-state index contributed by atoms with van der Waals surface area (Å²) in [5, 5.41) is 0.932. The molecule has 0 aliphatic heterocycles. The molecule has 0 atom stereocenters. The van der Waals surface area contributed by atoms with Crippen LogP contribution >= 0.6 is 0 Å². The summed E-state index contributed by atoms with van der Waals surface area (Å²) in [4.78, 5) is 19.7. The summed E-state index contributed by atoms with van der Waals surface area (Å²) >= 11 is 0. The summed E-state index contributed by atoms with van der Waals surface area (Å²) in [5.41, 5.74) is 10.7. The number of nitrogens with two attached hydrogens (primary N) is 1. The molecule has 0 fully saturated rings. The third kappa shape index (κ3) is 4.21. The van der Waals surface area contributed by atoms with E-state index >= 15 is 0 Å². The van der Waals surface area contributed by atoms with Crippen molar-refractivity contribution in [2.24, 2.45) is 5.73 Å². The van der Waals surface area contributed by atoms with Gasteiger partial charge in [0, 0.05) is 40.7 Å². The second-order valence-electron chi connectivity index (χ2n) is 9.80. The molecule has 0 spiro atoms. The number of nitrogens with one attached hydrogen (secondary N) is 1. The second-order valence-corrected chi connectivity index (χ2v) is 9.80. The lowest BCUT2D eigenvalue weighted by Crippen LogP contribution is -2.31. The van der Waals surface area contributed by atoms with Crippen LogP contribution in [0.25, 0.3) is 10.9 Å². The zero-order valence-electron chi connectivity index (χ0n) is 21.2. The van der Waals surface area contributed by atoms with Crippen LogP contribution in [0.2, 0.25) is 0 Å². The van der Waals surface area contributed by atoms with Crippen molar-refractivity contribution in [3.63, 3.8) is 0 Å². The predicted octanol–water partition coefficient (Wildman–Crippen LogP) is 5.00. The number of nitrogens with zero attached hydrogens (tertiary/aromatic N) is 1. The van der Waals surface area contributed by atoms with E-state index in [1.54, 1.807) is 0 Å². The van der Waals surface area contributed by atoms with Gasteiger partial charge in [0.2, 0.25) is 0 Å². The molecule has 6 nitrogen and oxygen atoms in total. The maximum absolute atomic E-state index is 13.8. The van der Waals surface area contributed by atoms with Crippen LogP contribution in [-0.4, -0.2) is 48.0 Å². The zero-order valence-corrected chi connectivity index (χ0v) is 21.2. The van der Waals surface area contributed by atoms with Crippen molar-refractivity contribution < 1.29 is 14.3 Å². The number of hydrogen-bond acceptors (Lipinski definition) is 5. The number of likely N-dealkylation sites (N-methyl/N-ethyl adjacent to an activating group) is 1. The highest BCUT2D eigenvalue weighted by Crippen LogP contribution is 2.47. The minimum Gasteiger partial charge on any atom is -0.488 e. The minimum absolute atomic E-state index is 0.0133. The summed E-state index contributed by atoms with van der Waals surface area (Å²) in [6.45, 7) is 16.4. The van der Waals surface area contributed by atoms with Gasteiger partial charge in [0.15, 0.2) is 17.3 Å². The van der Waals surface area contributed by atoms with Crippen LogP contribution in [0, 0.1) is 0 Å². The molecule has 0 amide bonds. The van der Waals surface area contributed by atoms with Crippen LogP contribution in [-0.2, 0) is 12.0 Å². The molecule has 182 valence electrons. The number of aromatic amines is 1. The van der Waals surface area contributed by atoms with Gasteiger partial charge in [-0.05, 0) is 56.3 Å². The number of H-pyrrole nitrogens is 1. The monoisotopic (exact) mass is 463 g/mol. The molecule has 3 N–H and O–H groups in total. The molecule has 0 saturated heterocycles. The Morgan fingerprint density at radius 2 is 1.82 bits per heavy atom. The summed E-state index contributed by atoms with van der Waals surface area (Å²) < 4.78 is 12.4. The first-order valence-corrected chi connectivity index (χ1v) is 12.3. The van der Waals surface area contributed by atoms with E-state index in [9.17, 15) is 4.79 Å². The standard InChI is InChI=1S/C28H37N3O3/c1-7-31(8-2)11-12-33-23-15-21-20(14-24(23)34-17(3)4)26(32)25-19-10-9-18(16-29)13-22(19)30-27(25)28(21,5)6/h9-10,13-15,17,30H,7-8,11-12,16,29H2,1-6H3. The van der Waals surface area contributed by atoms with E-state index < -0.39 is 5.41 Å². The fourth-order valence-electron chi connectivity index (χ4n) is 4.89. The molecular weight excluding hydrogens is 426 g/mol. The minimum atomic E-state index is -0.409. The Bertz CT molecular complexity index is 1210. The molecule has 4 rings (SSSR count). The van der Waals surface area contributed by atoms with Crippen molar-refractivity contribution in [2.75, 3.05) is 26.2 Å². The third-order valence-electron chi connectivity index (χ3n) is 6.87. The Morgan fingerprint density at radius 1 is 1.09 bits per heavy atom. The van der Waals surface area contributed by atoms with Crippen molar-refractivity contribution >= 4 is 16.7 Å². The number of fused-ring (bicyclic) bond motifs is 4. The Balaban J connectivity index is 1.80. The van der Waals surface area contributed by atoms with Gasteiger partial charge in [-0.15, -0.1) is 0 Å². The summed E-state index contributed by atoms with van der Waals surface area (Å²) in [7, 11) is 0. The lowest BCUT2D eigenvalue weighted by Gasteiger charge is -2.33. The van der Waals surface area contributed by atoms with Crippen molar-refractivity contribution in [1.29, 1.82) is 0 Å². The van der Waals surface area contributed by atoms with Crippen molar-refractivity contribution in [1.82, 2.24) is 9.88 Å². The number of ether oxygens (including phenoxy) is 2. The van der Waals surface area contributed by atoms with E-state index in [-0.39, 0.29) is 11.9 Å². The summed E-state index contributed by atoms with van der Waals surface area (Å²) in [6.07, 6.45) is -0.0341. The second kappa shape index (κ2) is 9.43. The summed E-state index contributed by atoms with van der Waals surface area (Å²) in [5.74, 6) is 1.32. The smallest absolute Gasteiger partial charge is 0.195 e. The molecule has 0 saturated carbocycles. The van der Waals surface area contributed by atoms with Crippen molar-refractivity contribution in [3.05, 3.63) is 58.3 Å². The van der Waals surface area contributed by atoms with E-state index in [2.05, 4.69) is 37.6 Å². The lowest BCUT2D eigenvalue weighted by atomic mass is 9.71. The molecule has 1 aliphatic carbocycles. The van der Waals surface area contributed by atoms with Gasteiger partial charge in [-0.1, -0.05) is 39.8 Å². The van der Waals surface area contributed by atoms with E-state index in [1.807, 2.05) is 44.2 Å². The fraction of sp³-hybridized carbons (Fsp3) is 0.464. The number of hydrogen-bond donors (Lipinski definition) is 2. The maximum Gasteiger partial charge on any atom is 0.195 e. The average molecular weight is 464 g/mol. The number of rotatable bonds is 9. The maximum atomic E-state index is 13.8. The van der Waals surface area contributed by atoms with Gasteiger partial charge < -0.3 is 25.1 Å². The first-order chi connectivity index (χ1) is 16.2. The molecule has 34 heavy (non-hydrogen) atoms. The van der Waals surface area contributed by atoms with Gasteiger partial charge in [0.05, 0.1) is 11.7 Å². The van der Waals surface area contributed by atoms with E-state index in [0.29, 0.717) is 30.2 Å². The number of aromatic nitrogens is 1. The van der Waals surface area contributed by atoms with Gasteiger partial charge in [-0.25, -0.2) is 0 Å². The van der Waals surface area contributed by atoms with Crippen molar-refractivity contribution in [3.8, 4) is 11.5 Å². The third-order valence-corrected chi connectivity index (χ3v) is 6.87. The summed E-state index contributed by atoms with van der Waals surface area (Å²) in [6, 6.07) is 9.92. The Morgan fingerprint density at radius 3 is 2.47 bits per heavy atom. The molecule has 3 aromatic rings. The molecule has 1 aromatic heterocycles. The van der Waals surface area contributed by atoms with Crippen molar-refractivity contribution in [2.45, 2.75) is 59.6 Å². The van der Waals surface area contributed by atoms with Crippen LogP contribution in [0.3, 0.4) is 0 Å². The SMILES string of the molecule is CCN(CC)CCOc1cc2c(cc1OC(C)C)C(=O)c1c([nH]c3cc(CN)ccc13)C2(C)C. The first-order valence-electron chi connectivity index (χ1n) is 12.3. The van der Waals surface area contributed by atoms with Gasteiger partial charge in [-0.2, -0.15) is 0 Å². The van der Waals surface area contributed by atoms with Crippen LogP contribution in [0.5, 0.6) is 11.5 Å². The van der Waals surface area contributed by atoms with Crippen LogP contribution in [0.15, 0.2) is 30.3 Å². The number of ketones is 1. The zero-order chi connectivity index (χ0) is 24.6. The fourth-order valence-corrected chi connectivity index (χ4v) is 4.89. The molecule has 2 aromatic carbocycles. The molecule has 1 heterocycles. The normalized spacial score (nSPS) is 14.6. The van der Waals surface area contributed by atoms with Crippen LogP contribution in [0.4, 0.5) is 0 Å². The predicted molar refractivity (Wildman–Crippen MR) is 137 cm³/mol. The van der Waals surface area contributed by atoms with E-state index in [1.165, 1.54) is 0 Å². The average Bonchev–Trinajstić information content (AvgIpc) is 3.20. The molecule has 6 heteroatoms. The molecule has 0 unspecified atom stereocenters. The molecular formula is C28H37N3O3. The highest BCUT2D eigenvalue weighted by molar-refractivity contribution is 6.20. The van der Waals surface area contributed by atoms with Crippen LogP contribution < -0.4 is 15.2 Å². The Labute approximate surface area is 202 Å². The molecule has 0 bridgehead atoms. The first kappa shape index (κ1) is 24.3. The Kier molecular flexibility index (Phi) is 6.74. The van der Waals surface area contributed by atoms with E-state index in [4.69, 9.17) is 15.2 Å². The molecule has 0 radical (unpaired) electrons. The number of carbonyl (C=O) groups excluding carboxylic acids is 1. The van der Waals surface area contributed by atoms with Gasteiger partial charge >= 0.3 is 0 Å². The number of carbonyl (C=O) groups is 1. The largest absolute Gasteiger partial charge is 0.488 e. The van der Waals surface area contributed by atoms with E-state index in [0.717, 1.165) is 52.9 Å². The van der Waals surface area contributed by atoms with Gasteiger partial charge in [-0.3, -0.25) is 4.79 Å². The van der Waals surface area contributed by atoms with Gasteiger partial charge in [0.1, 0.15) is 6.61 Å². The quantitative estimate of drug-likeness (QED) is 0.467. The Hall–Kier alpha value is -2.83. The van der Waals surface area contributed by atoms with Crippen LogP contribution in [0.1, 0.15) is 74.3 Å². The lowest BCUT2D eigenvalue weighted by molar-refractivity contribution is 0.103. The topological polar surface area (TPSA) is 80.6 Å². The van der Waals surface area contributed by atoms with Gasteiger partial charge in [0.25, 0.3) is 0 Å². The highest BCUT2D eigenvalue weighted by Gasteiger charge is 2.40. The molecule has 1 aliphatic rings. The number of benzene rings is 2. The highest BCUT2D eigenvalue weighted by atomic mass is 16.5.